The van der Waals surface area contributed by atoms with E-state index in [-0.39, 0.29) is 23.7 Å². The molecule has 2 saturated heterocycles. The van der Waals surface area contributed by atoms with Gasteiger partial charge in [0.25, 0.3) is 0 Å². The molecule has 146 valence electrons. The number of carbonyl (C=O) groups excluding carboxylic acids is 2. The number of anilines is 1. The van der Waals surface area contributed by atoms with Crippen LogP contribution < -0.4 is 9.47 Å². The van der Waals surface area contributed by atoms with Crippen molar-refractivity contribution in [2.24, 2.45) is 5.41 Å². The highest BCUT2D eigenvalue weighted by Gasteiger charge is 2.60. The molecule has 7 nitrogen and oxygen atoms in total. The lowest BCUT2D eigenvalue weighted by Crippen LogP contribution is -2.75. The minimum Gasteiger partial charge on any atom is -0.481 e. The van der Waals surface area contributed by atoms with E-state index in [0.29, 0.717) is 12.3 Å². The Bertz CT molecular complexity index is 905. The average Bonchev–Trinajstić information content (AvgIpc) is 3.20. The van der Waals surface area contributed by atoms with Gasteiger partial charge in [-0.3, -0.25) is 19.3 Å². The van der Waals surface area contributed by atoms with Gasteiger partial charge in [0.15, 0.2) is 24.4 Å². The van der Waals surface area contributed by atoms with Crippen LogP contribution in [0.15, 0.2) is 48.1 Å². The Labute approximate surface area is 170 Å². The Morgan fingerprint density at radius 3 is 2.68 bits per heavy atom. The number of hydrogen-bond donors (Lipinski definition) is 1. The molecule has 2 aromatic rings. The normalized spacial score (nSPS) is 26.3. The van der Waals surface area contributed by atoms with E-state index in [0.717, 1.165) is 5.00 Å². The summed E-state index contributed by atoms with van der Waals surface area (Å²) in [6.45, 7) is 1.89. The minimum atomic E-state index is -1.06. The Morgan fingerprint density at radius 2 is 2.07 bits per heavy atom. The molecular weight excluding hydrogens is 398 g/mol. The molecule has 0 aromatic carbocycles. The standard InChI is InChI=1S/C19H19N3O4S2/c1-13(23)22(14-6-5-9-27-14)15-16(24)21-11-19(18(25)26,12-28-17(15)21)10-20-7-3-2-4-8-20/h2-9,15,17H,10-12H2,1H3/p+1/t15?,17-,19?/m1/s1. The van der Waals surface area contributed by atoms with Crippen LogP contribution in [-0.2, 0) is 20.9 Å². The topological polar surface area (TPSA) is 81.8 Å². The smallest absolute Gasteiger partial charge is 0.318 e. The number of hydrogen-bond acceptors (Lipinski definition) is 5. The monoisotopic (exact) mass is 418 g/mol. The molecule has 0 saturated carbocycles. The van der Waals surface area contributed by atoms with Gasteiger partial charge in [-0.2, -0.15) is 0 Å². The maximum Gasteiger partial charge on any atom is 0.318 e. The number of amides is 2. The van der Waals surface area contributed by atoms with Crippen molar-refractivity contribution in [3.8, 4) is 0 Å². The number of carboxylic acid groups (broad SMARTS) is 1. The van der Waals surface area contributed by atoms with Crippen molar-refractivity contribution in [3.05, 3.63) is 48.1 Å². The number of aliphatic carboxylic acids is 1. The van der Waals surface area contributed by atoms with Gasteiger partial charge in [0.05, 0.1) is 5.00 Å². The first-order valence-electron chi connectivity index (χ1n) is 8.86. The molecule has 0 bridgehead atoms. The molecule has 2 unspecified atom stereocenters. The highest BCUT2D eigenvalue weighted by molar-refractivity contribution is 8.00. The Morgan fingerprint density at radius 1 is 1.32 bits per heavy atom. The summed E-state index contributed by atoms with van der Waals surface area (Å²) < 4.78 is 1.84. The second-order valence-corrected chi connectivity index (χ2v) is 9.12. The largest absolute Gasteiger partial charge is 0.481 e. The van der Waals surface area contributed by atoms with Gasteiger partial charge in [0.1, 0.15) is 11.4 Å². The summed E-state index contributed by atoms with van der Waals surface area (Å²) in [4.78, 5) is 40.5. The number of carbonyl (C=O) groups is 3. The first kappa shape index (κ1) is 18.9. The van der Waals surface area contributed by atoms with Crippen LogP contribution in [0.2, 0.25) is 0 Å². The van der Waals surface area contributed by atoms with Crippen LogP contribution in [0.4, 0.5) is 5.00 Å². The van der Waals surface area contributed by atoms with Crippen molar-refractivity contribution in [1.29, 1.82) is 0 Å². The van der Waals surface area contributed by atoms with Gasteiger partial charge < -0.3 is 10.0 Å². The van der Waals surface area contributed by atoms with E-state index in [1.165, 1.54) is 30.0 Å². The number of fused-ring (bicyclic) bond motifs is 1. The maximum absolute atomic E-state index is 12.9. The van der Waals surface area contributed by atoms with Crippen molar-refractivity contribution in [1.82, 2.24) is 4.90 Å². The number of aromatic nitrogens is 1. The van der Waals surface area contributed by atoms with E-state index < -0.39 is 17.4 Å². The summed E-state index contributed by atoms with van der Waals surface area (Å²) in [5.74, 6) is -0.904. The van der Waals surface area contributed by atoms with Crippen LogP contribution in [0.25, 0.3) is 0 Å². The fraction of sp³-hybridized carbons (Fsp3) is 0.368. The first-order chi connectivity index (χ1) is 13.4. The number of rotatable bonds is 5. The second-order valence-electron chi connectivity index (χ2n) is 7.09. The lowest BCUT2D eigenvalue weighted by atomic mass is 9.86. The molecule has 2 aliphatic rings. The third-order valence-corrected chi connectivity index (χ3v) is 7.63. The fourth-order valence-corrected chi connectivity index (χ4v) is 6.17. The predicted molar refractivity (Wildman–Crippen MR) is 106 cm³/mol. The van der Waals surface area contributed by atoms with Gasteiger partial charge in [-0.05, 0) is 17.5 Å². The van der Waals surface area contributed by atoms with E-state index in [4.69, 9.17) is 0 Å². The van der Waals surface area contributed by atoms with Crippen LogP contribution in [0.5, 0.6) is 0 Å². The van der Waals surface area contributed by atoms with Gasteiger partial charge in [0, 0.05) is 31.4 Å². The third-order valence-electron chi connectivity index (χ3n) is 5.19. The lowest BCUT2D eigenvalue weighted by Gasteiger charge is -2.55. The van der Waals surface area contributed by atoms with E-state index in [1.54, 1.807) is 9.80 Å². The molecule has 2 aliphatic heterocycles. The number of pyridine rings is 1. The van der Waals surface area contributed by atoms with Gasteiger partial charge in [-0.1, -0.05) is 6.07 Å². The maximum atomic E-state index is 12.9. The summed E-state index contributed by atoms with van der Waals surface area (Å²) in [7, 11) is 0. The third kappa shape index (κ3) is 3.08. The second kappa shape index (κ2) is 7.21. The molecular formula is C19H20N3O4S2+. The molecule has 1 N–H and O–H groups in total. The highest BCUT2D eigenvalue weighted by atomic mass is 32.2. The van der Waals surface area contributed by atoms with Crippen LogP contribution in [0.1, 0.15) is 6.92 Å². The molecule has 0 aliphatic carbocycles. The Balaban J connectivity index is 1.56. The van der Waals surface area contributed by atoms with E-state index in [2.05, 4.69) is 0 Å². The number of thiophene rings is 1. The molecule has 2 aromatic heterocycles. The molecule has 2 fully saturated rings. The van der Waals surface area contributed by atoms with Gasteiger partial charge in [-0.25, -0.2) is 4.57 Å². The van der Waals surface area contributed by atoms with Crippen molar-refractivity contribution < 1.29 is 24.1 Å². The molecule has 3 atom stereocenters. The number of β-lactam (4-membered cyclic amide) rings is 1. The van der Waals surface area contributed by atoms with E-state index in [1.807, 2.05) is 52.7 Å². The van der Waals surface area contributed by atoms with Gasteiger partial charge in [0.2, 0.25) is 11.8 Å². The fourth-order valence-electron chi connectivity index (χ4n) is 3.79. The zero-order valence-corrected chi connectivity index (χ0v) is 16.9. The zero-order valence-electron chi connectivity index (χ0n) is 15.2. The highest BCUT2D eigenvalue weighted by Crippen LogP contribution is 2.45. The SMILES string of the molecule is CC(=O)N(c1cccs1)C1C(=O)N2CC(C[n+]3ccccc3)(C(=O)O)CS[C@H]12. The van der Waals surface area contributed by atoms with Crippen LogP contribution in [-0.4, -0.2) is 51.5 Å². The minimum absolute atomic E-state index is 0.146. The average molecular weight is 419 g/mol. The first-order valence-corrected chi connectivity index (χ1v) is 10.8. The van der Waals surface area contributed by atoms with Crippen LogP contribution in [0.3, 0.4) is 0 Å². The summed E-state index contributed by atoms with van der Waals surface area (Å²) in [5.41, 5.74) is -1.06. The van der Waals surface area contributed by atoms with Crippen LogP contribution in [0, 0.1) is 5.41 Å². The number of nitrogens with zero attached hydrogens (tertiary/aromatic N) is 3. The molecule has 4 heterocycles. The Kier molecular flexibility index (Phi) is 4.88. The van der Waals surface area contributed by atoms with Gasteiger partial charge >= 0.3 is 5.97 Å². The lowest BCUT2D eigenvalue weighted by molar-refractivity contribution is -0.706. The van der Waals surface area contributed by atoms with Crippen molar-refractivity contribution in [2.75, 3.05) is 17.2 Å². The molecule has 4 rings (SSSR count). The number of carboxylic acids is 1. The molecule has 0 radical (unpaired) electrons. The van der Waals surface area contributed by atoms with Crippen molar-refractivity contribution in [2.45, 2.75) is 24.9 Å². The summed E-state index contributed by atoms with van der Waals surface area (Å²) in [5, 5.41) is 12.3. The van der Waals surface area contributed by atoms with E-state index in [9.17, 15) is 19.5 Å². The van der Waals surface area contributed by atoms with E-state index >= 15 is 0 Å². The quantitative estimate of drug-likeness (QED) is 0.587. The molecule has 2 amide bonds. The zero-order chi connectivity index (χ0) is 19.9. The summed E-state index contributed by atoms with van der Waals surface area (Å²) >= 11 is 2.86. The molecule has 28 heavy (non-hydrogen) atoms. The Hall–Kier alpha value is -2.39. The molecule has 0 spiro atoms. The van der Waals surface area contributed by atoms with Crippen molar-refractivity contribution >= 4 is 45.9 Å². The summed E-state index contributed by atoms with van der Waals surface area (Å²) in [6.07, 6.45) is 3.66. The molecule has 9 heteroatoms. The van der Waals surface area contributed by atoms with Crippen molar-refractivity contribution in [3.63, 3.8) is 0 Å². The summed E-state index contributed by atoms with van der Waals surface area (Å²) in [6, 6.07) is 8.67. The van der Waals surface area contributed by atoms with Gasteiger partial charge in [-0.15, -0.1) is 23.1 Å². The number of thioether (sulfide) groups is 1. The predicted octanol–water partition coefficient (Wildman–Crippen LogP) is 1.44. The van der Waals surface area contributed by atoms with Crippen LogP contribution >= 0.6 is 23.1 Å².